The largest absolute Gasteiger partial charge is 0.457 e. The second-order valence-electron chi connectivity index (χ2n) is 7.36. The molecule has 0 fully saturated rings. The lowest BCUT2D eigenvalue weighted by Gasteiger charge is -2.15. The minimum absolute atomic E-state index is 0.240. The number of fused-ring (bicyclic) bond motifs is 1. The molecule has 1 aliphatic rings. The first-order chi connectivity index (χ1) is 16.2. The van der Waals surface area contributed by atoms with Crippen LogP contribution in [-0.2, 0) is 6.54 Å². The van der Waals surface area contributed by atoms with E-state index in [4.69, 9.17) is 4.74 Å². The number of anilines is 1. The number of nitrogens with one attached hydrogen (secondary N) is 1. The zero-order valence-electron chi connectivity index (χ0n) is 17.4. The molecule has 1 atom stereocenters. The van der Waals surface area contributed by atoms with Crippen molar-refractivity contribution in [3.8, 4) is 17.6 Å². The van der Waals surface area contributed by atoms with Crippen molar-refractivity contribution in [1.82, 2.24) is 14.8 Å². The summed E-state index contributed by atoms with van der Waals surface area (Å²) in [5.74, 6) is 1.20. The van der Waals surface area contributed by atoms with Crippen LogP contribution in [0.2, 0.25) is 0 Å². The van der Waals surface area contributed by atoms with Crippen LogP contribution in [0.15, 0.2) is 84.1 Å². The van der Waals surface area contributed by atoms with E-state index in [1.165, 1.54) is 4.68 Å². The van der Waals surface area contributed by atoms with Crippen LogP contribution in [-0.4, -0.2) is 26.9 Å². The van der Waals surface area contributed by atoms with E-state index in [1.54, 1.807) is 30.7 Å². The first-order valence-electron chi connectivity index (χ1n) is 10.3. The first-order valence-corrected chi connectivity index (χ1v) is 10.3. The fourth-order valence-corrected chi connectivity index (χ4v) is 3.54. The van der Waals surface area contributed by atoms with Crippen LogP contribution >= 0.6 is 0 Å². The van der Waals surface area contributed by atoms with Crippen molar-refractivity contribution >= 4 is 23.8 Å². The van der Waals surface area contributed by atoms with E-state index in [-0.39, 0.29) is 17.3 Å². The van der Waals surface area contributed by atoms with E-state index in [0.29, 0.717) is 23.9 Å². The van der Waals surface area contributed by atoms with Crippen molar-refractivity contribution in [2.75, 3.05) is 5.32 Å². The Morgan fingerprint density at radius 3 is 2.45 bits per heavy atom. The molecular formula is C25H18N6O2. The molecule has 2 aromatic carbocycles. The fourth-order valence-electron chi connectivity index (χ4n) is 3.54. The summed E-state index contributed by atoms with van der Waals surface area (Å²) < 4.78 is 6.99. The van der Waals surface area contributed by atoms with Gasteiger partial charge in [-0.15, -0.1) is 5.10 Å². The van der Waals surface area contributed by atoms with E-state index in [1.807, 2.05) is 54.6 Å². The second kappa shape index (κ2) is 8.77. The topological polar surface area (TPSA) is 105 Å². The van der Waals surface area contributed by atoms with E-state index >= 15 is 0 Å². The highest BCUT2D eigenvalue weighted by atomic mass is 16.5. The Morgan fingerprint density at radius 2 is 1.73 bits per heavy atom. The van der Waals surface area contributed by atoms with Gasteiger partial charge >= 0.3 is 0 Å². The standard InChI is InChI=1S/C25H18N6O2/c26-14-21-23(28-15-17-6-8-19(9-7-17)33-20-10-12-27-13-11-20)30-31-24(21)29-16-22(25(31)32)18-4-2-1-3-5-18/h1-13,16,22H,15H2,(H,28,30). The molecule has 0 saturated carbocycles. The number of benzene rings is 2. The van der Waals surface area contributed by atoms with Crippen molar-refractivity contribution in [1.29, 1.82) is 5.26 Å². The molecule has 1 N–H and O–H groups in total. The van der Waals surface area contributed by atoms with Crippen molar-refractivity contribution in [3.05, 3.63) is 95.8 Å². The first kappa shape index (κ1) is 20.2. The minimum atomic E-state index is -0.536. The van der Waals surface area contributed by atoms with Crippen molar-refractivity contribution in [3.63, 3.8) is 0 Å². The predicted molar refractivity (Wildman–Crippen MR) is 123 cm³/mol. The Balaban J connectivity index is 1.31. The van der Waals surface area contributed by atoms with Gasteiger partial charge in [0.25, 0.3) is 5.91 Å². The number of rotatable bonds is 6. The van der Waals surface area contributed by atoms with Gasteiger partial charge in [-0.1, -0.05) is 42.5 Å². The molecule has 0 bridgehead atoms. The van der Waals surface area contributed by atoms with Gasteiger partial charge in [0.15, 0.2) is 11.6 Å². The molecule has 8 nitrogen and oxygen atoms in total. The van der Waals surface area contributed by atoms with Crippen molar-refractivity contribution in [2.45, 2.75) is 12.5 Å². The molecule has 5 rings (SSSR count). The van der Waals surface area contributed by atoms with Gasteiger partial charge in [-0.05, 0) is 35.4 Å². The molecule has 0 amide bonds. The third kappa shape index (κ3) is 4.07. The van der Waals surface area contributed by atoms with Crippen LogP contribution in [0.1, 0.15) is 27.4 Å². The van der Waals surface area contributed by atoms with Crippen molar-refractivity contribution in [2.24, 2.45) is 4.99 Å². The molecule has 1 aliphatic heterocycles. The molecule has 0 spiro atoms. The lowest BCUT2D eigenvalue weighted by Crippen LogP contribution is -2.25. The normalized spacial score (nSPS) is 14.4. The van der Waals surface area contributed by atoms with Gasteiger partial charge in [0, 0.05) is 25.2 Å². The average molecular weight is 434 g/mol. The summed E-state index contributed by atoms with van der Waals surface area (Å²) in [5.41, 5.74) is 2.03. The average Bonchev–Trinajstić information content (AvgIpc) is 3.23. The number of aromatic nitrogens is 3. The highest BCUT2D eigenvalue weighted by Gasteiger charge is 2.30. The molecule has 4 aromatic rings. The monoisotopic (exact) mass is 434 g/mol. The molecule has 33 heavy (non-hydrogen) atoms. The zero-order chi connectivity index (χ0) is 22.6. The number of hydrogen-bond donors (Lipinski definition) is 1. The minimum Gasteiger partial charge on any atom is -0.457 e. The van der Waals surface area contributed by atoms with Crippen LogP contribution in [0.3, 0.4) is 0 Å². The number of aliphatic imine (C=N–C) groups is 1. The summed E-state index contributed by atoms with van der Waals surface area (Å²) in [6.07, 6.45) is 4.91. The quantitative estimate of drug-likeness (QED) is 0.472. The molecule has 2 aromatic heterocycles. The van der Waals surface area contributed by atoms with E-state index < -0.39 is 5.92 Å². The van der Waals surface area contributed by atoms with Gasteiger partial charge in [-0.25, -0.2) is 4.99 Å². The van der Waals surface area contributed by atoms with Crippen LogP contribution in [0.5, 0.6) is 11.5 Å². The van der Waals surface area contributed by atoms with Gasteiger partial charge in [0.05, 0.1) is 0 Å². The van der Waals surface area contributed by atoms with E-state index in [2.05, 4.69) is 26.5 Å². The molecule has 8 heteroatoms. The number of carbonyl (C=O) groups excluding carboxylic acids is 1. The molecule has 3 heterocycles. The summed E-state index contributed by atoms with van der Waals surface area (Å²) in [6.45, 7) is 0.417. The molecular weight excluding hydrogens is 416 g/mol. The van der Waals surface area contributed by atoms with Gasteiger partial charge in [-0.3, -0.25) is 9.78 Å². The highest BCUT2D eigenvalue weighted by Crippen LogP contribution is 2.32. The maximum Gasteiger partial charge on any atom is 0.261 e. The Labute approximate surface area is 189 Å². The van der Waals surface area contributed by atoms with Crippen LogP contribution < -0.4 is 10.1 Å². The summed E-state index contributed by atoms with van der Waals surface area (Å²) in [6, 6.07) is 22.6. The zero-order valence-corrected chi connectivity index (χ0v) is 17.4. The molecule has 0 radical (unpaired) electrons. The maximum absolute atomic E-state index is 13.0. The summed E-state index contributed by atoms with van der Waals surface area (Å²) in [7, 11) is 0. The third-order valence-electron chi connectivity index (χ3n) is 5.22. The maximum atomic E-state index is 13.0. The number of carbonyl (C=O) groups is 1. The number of ether oxygens (including phenoxy) is 1. The highest BCUT2D eigenvalue weighted by molar-refractivity contribution is 6.05. The SMILES string of the molecule is N#Cc1c(NCc2ccc(Oc3ccncc3)cc2)nn2c1N=CC(c1ccccc1)C2=O. The molecule has 160 valence electrons. The number of nitriles is 1. The predicted octanol–water partition coefficient (Wildman–Crippen LogP) is 4.69. The van der Waals surface area contributed by atoms with Gasteiger partial charge < -0.3 is 10.1 Å². The number of hydrogen-bond acceptors (Lipinski definition) is 7. The molecule has 0 aliphatic carbocycles. The van der Waals surface area contributed by atoms with Crippen LogP contribution in [0, 0.1) is 11.3 Å². The Morgan fingerprint density at radius 1 is 1.00 bits per heavy atom. The Bertz CT molecular complexity index is 1360. The fraction of sp³-hybridized carbons (Fsp3) is 0.0800. The van der Waals surface area contributed by atoms with Crippen LogP contribution in [0.4, 0.5) is 11.6 Å². The second-order valence-corrected chi connectivity index (χ2v) is 7.36. The summed E-state index contributed by atoms with van der Waals surface area (Å²) in [4.78, 5) is 21.4. The van der Waals surface area contributed by atoms with Gasteiger partial charge in [0.2, 0.25) is 0 Å². The van der Waals surface area contributed by atoms with Gasteiger partial charge in [-0.2, -0.15) is 9.94 Å². The van der Waals surface area contributed by atoms with E-state index in [0.717, 1.165) is 11.1 Å². The van der Waals surface area contributed by atoms with Gasteiger partial charge in [0.1, 0.15) is 29.0 Å². The smallest absolute Gasteiger partial charge is 0.261 e. The van der Waals surface area contributed by atoms with E-state index in [9.17, 15) is 10.1 Å². The Hall–Kier alpha value is -4.77. The summed E-state index contributed by atoms with van der Waals surface area (Å²) >= 11 is 0. The van der Waals surface area contributed by atoms with Crippen LogP contribution in [0.25, 0.3) is 0 Å². The molecule has 0 saturated heterocycles. The number of pyridine rings is 1. The summed E-state index contributed by atoms with van der Waals surface area (Å²) in [5, 5.41) is 17.2. The van der Waals surface area contributed by atoms with Crippen molar-refractivity contribution < 1.29 is 9.53 Å². The Kier molecular flexibility index (Phi) is 5.35. The third-order valence-corrected chi connectivity index (χ3v) is 5.22. The lowest BCUT2D eigenvalue weighted by molar-refractivity contribution is 0.0888. The number of nitrogens with zero attached hydrogens (tertiary/aromatic N) is 5. The molecule has 1 unspecified atom stereocenters. The lowest BCUT2D eigenvalue weighted by atomic mass is 9.99.